The maximum Gasteiger partial charge on any atom is 0.363 e. The number of amides is 3. The monoisotopic (exact) mass is 775 g/mol. The number of hydrogen-bond acceptors (Lipinski definition) is 8. The number of hydrogen-bond donors (Lipinski definition) is 3. The van der Waals surface area contributed by atoms with Crippen molar-refractivity contribution in [2.75, 3.05) is 45.9 Å². The van der Waals surface area contributed by atoms with Gasteiger partial charge in [-0.15, -0.1) is 11.3 Å². The summed E-state index contributed by atoms with van der Waals surface area (Å²) in [4.78, 5) is 62.3. The van der Waals surface area contributed by atoms with Crippen LogP contribution in [0.3, 0.4) is 0 Å². The fourth-order valence-electron chi connectivity index (χ4n) is 7.10. The molecule has 1 spiro atoms. The second-order valence-corrected chi connectivity index (χ2v) is 16.6. The molecule has 4 N–H and O–H groups in total. The molecule has 292 valence electrons. The quantitative estimate of drug-likeness (QED) is 0.160. The second-order valence-electron chi connectivity index (χ2n) is 13.8. The van der Waals surface area contributed by atoms with Gasteiger partial charge in [0.15, 0.2) is 0 Å². The highest BCUT2D eigenvalue weighted by Crippen LogP contribution is 2.54. The highest BCUT2D eigenvalue weighted by molar-refractivity contribution is 7.51. The number of alkyl halides is 1. The number of benzene rings is 1. The lowest BCUT2D eigenvalue weighted by Gasteiger charge is -2.32. The van der Waals surface area contributed by atoms with Gasteiger partial charge in [0, 0.05) is 73.7 Å². The van der Waals surface area contributed by atoms with Crippen LogP contribution in [-0.4, -0.2) is 105 Å². The number of carbonyl (C=O) groups is 3. The van der Waals surface area contributed by atoms with E-state index in [1.807, 2.05) is 35.9 Å². The van der Waals surface area contributed by atoms with Crippen molar-refractivity contribution in [1.29, 1.82) is 0 Å². The molecule has 7 rings (SSSR count). The highest BCUT2D eigenvalue weighted by atomic mass is 32.1. The standard InChI is InChI=1S/C14H26N2O2.C12H14N2O.C10H9FNO4PS.C2H6/c1-13(15-9-11-18-12-10-15)5-4-6-14(17)16-7-2-3-8-16;15-9-14-8-11(6-12(14)3-4-12)10-2-1-5-13-7-10;11-9(17(14,15)16)5-1-2-7-6(3-5)4-8(18-7)10(12)13;1-2/h13H,2-12H2,1H3;1-2,5,7,9,11H,3-4,6,8H2;1-4,9H,(H2,12,13)(H2,14,15,16);1-2H3. The van der Waals surface area contributed by atoms with Crippen LogP contribution in [0.5, 0.6) is 0 Å². The molecule has 4 aliphatic rings. The molecule has 0 bridgehead atoms. The molecule has 15 heteroatoms. The zero-order valence-electron chi connectivity index (χ0n) is 31.1. The van der Waals surface area contributed by atoms with E-state index in [9.17, 15) is 23.3 Å². The first-order valence-electron chi connectivity index (χ1n) is 18.6. The number of ether oxygens (including phenoxy) is 1. The molecule has 3 amide bonds. The number of rotatable bonds is 10. The lowest BCUT2D eigenvalue weighted by atomic mass is 9.97. The average Bonchev–Trinajstić information content (AvgIpc) is 3.50. The number of carbonyl (C=O) groups excluding carboxylic acids is 3. The van der Waals surface area contributed by atoms with E-state index < -0.39 is 19.4 Å². The van der Waals surface area contributed by atoms with Crippen LogP contribution in [0.15, 0.2) is 48.8 Å². The molecule has 3 saturated heterocycles. The number of morpholine rings is 1. The van der Waals surface area contributed by atoms with Gasteiger partial charge >= 0.3 is 7.60 Å². The Morgan fingerprint density at radius 3 is 2.40 bits per heavy atom. The molecule has 3 aromatic rings. The number of fused-ring (bicyclic) bond motifs is 1. The van der Waals surface area contributed by atoms with E-state index in [2.05, 4.69) is 22.9 Å². The Labute approximate surface area is 316 Å². The molecule has 12 nitrogen and oxygen atoms in total. The van der Waals surface area contributed by atoms with Crippen LogP contribution in [0.2, 0.25) is 0 Å². The summed E-state index contributed by atoms with van der Waals surface area (Å²) < 4.78 is 30.4. The Kier molecular flexibility index (Phi) is 15.9. The SMILES string of the molecule is CC.CC(CCCC(=O)N1CCCC1)N1CCOCC1.NC(=O)c1cc2cc(C(F)P(=O)(O)O)ccc2s1.O=CN1CC(c2cccnc2)CC12CC2. The third-order valence-electron chi connectivity index (χ3n) is 10.3. The Morgan fingerprint density at radius 2 is 1.83 bits per heavy atom. The number of pyridine rings is 1. The summed E-state index contributed by atoms with van der Waals surface area (Å²) in [5.41, 5.74) is 6.49. The minimum Gasteiger partial charge on any atom is -0.379 e. The third kappa shape index (κ3) is 11.9. The summed E-state index contributed by atoms with van der Waals surface area (Å²) >= 11 is 1.14. The molecular formula is C38H55FN5O7PS. The van der Waals surface area contributed by atoms with E-state index >= 15 is 0 Å². The van der Waals surface area contributed by atoms with E-state index in [4.69, 9.17) is 20.3 Å². The van der Waals surface area contributed by atoms with Crippen LogP contribution in [0, 0.1) is 0 Å². The number of halogens is 1. The third-order valence-corrected chi connectivity index (χ3v) is 12.3. The molecule has 3 unspecified atom stereocenters. The van der Waals surface area contributed by atoms with Crippen molar-refractivity contribution in [3.63, 3.8) is 0 Å². The second kappa shape index (κ2) is 19.9. The van der Waals surface area contributed by atoms with E-state index in [0.717, 1.165) is 89.4 Å². The van der Waals surface area contributed by atoms with Crippen LogP contribution in [0.4, 0.5) is 4.39 Å². The summed E-state index contributed by atoms with van der Waals surface area (Å²) in [6.45, 7) is 12.9. The summed E-state index contributed by atoms with van der Waals surface area (Å²) in [5, 5.41) is 0.530. The van der Waals surface area contributed by atoms with E-state index in [1.54, 1.807) is 6.20 Å². The fraction of sp³-hybridized carbons (Fsp3) is 0.579. The summed E-state index contributed by atoms with van der Waals surface area (Å²) in [5.74, 6) is -2.10. The van der Waals surface area contributed by atoms with Crippen molar-refractivity contribution in [3.05, 3.63) is 64.8 Å². The molecule has 1 aliphatic carbocycles. The van der Waals surface area contributed by atoms with Crippen molar-refractivity contribution < 1.29 is 37.9 Å². The van der Waals surface area contributed by atoms with Gasteiger partial charge in [-0.2, -0.15) is 0 Å². The zero-order valence-corrected chi connectivity index (χ0v) is 32.8. The molecule has 1 saturated carbocycles. The van der Waals surface area contributed by atoms with Crippen molar-refractivity contribution in [2.45, 2.75) is 95.5 Å². The van der Waals surface area contributed by atoms with Crippen LogP contribution in [-0.2, 0) is 18.9 Å². The first-order chi connectivity index (χ1) is 25.4. The summed E-state index contributed by atoms with van der Waals surface area (Å²) in [6, 6.07) is 10.2. The van der Waals surface area contributed by atoms with Gasteiger partial charge in [-0.1, -0.05) is 26.0 Å². The molecule has 0 radical (unpaired) electrons. The molecule has 4 fully saturated rings. The summed E-state index contributed by atoms with van der Waals surface area (Å²) in [7, 11) is -4.82. The predicted octanol–water partition coefficient (Wildman–Crippen LogP) is 6.23. The Balaban J connectivity index is 0.000000174. The molecule has 5 heterocycles. The van der Waals surface area contributed by atoms with Gasteiger partial charge in [-0.3, -0.25) is 28.8 Å². The van der Waals surface area contributed by atoms with Crippen molar-refractivity contribution in [2.24, 2.45) is 5.73 Å². The van der Waals surface area contributed by atoms with Crippen molar-refractivity contribution in [3.8, 4) is 0 Å². The van der Waals surface area contributed by atoms with Crippen LogP contribution in [0.1, 0.15) is 105 Å². The van der Waals surface area contributed by atoms with Gasteiger partial charge in [-0.05, 0) is 92.6 Å². The molecular weight excluding hydrogens is 720 g/mol. The van der Waals surface area contributed by atoms with E-state index in [1.165, 1.54) is 55.5 Å². The van der Waals surface area contributed by atoms with Gasteiger partial charge in [0.2, 0.25) is 18.2 Å². The van der Waals surface area contributed by atoms with Gasteiger partial charge in [0.25, 0.3) is 5.91 Å². The maximum absolute atomic E-state index is 13.5. The number of thiophene rings is 1. The minimum atomic E-state index is -4.82. The largest absolute Gasteiger partial charge is 0.379 e. The maximum atomic E-state index is 13.5. The number of primary amides is 1. The first kappa shape index (κ1) is 42.5. The number of nitrogens with zero attached hydrogens (tertiary/aromatic N) is 4. The topological polar surface area (TPSA) is 167 Å². The number of aromatic nitrogens is 1. The Hall–Kier alpha value is -3.26. The van der Waals surface area contributed by atoms with Crippen LogP contribution < -0.4 is 5.73 Å². The van der Waals surface area contributed by atoms with Crippen molar-refractivity contribution >= 4 is 47.2 Å². The van der Waals surface area contributed by atoms with Crippen LogP contribution in [0.25, 0.3) is 10.1 Å². The first-order valence-corrected chi connectivity index (χ1v) is 21.1. The molecule has 1 aromatic carbocycles. The van der Waals surface area contributed by atoms with Crippen molar-refractivity contribution in [1.82, 2.24) is 19.7 Å². The molecule has 53 heavy (non-hydrogen) atoms. The van der Waals surface area contributed by atoms with E-state index in [-0.39, 0.29) is 11.1 Å². The summed E-state index contributed by atoms with van der Waals surface area (Å²) in [6.07, 6.45) is 13.5. The smallest absolute Gasteiger partial charge is 0.363 e. The van der Waals surface area contributed by atoms with Gasteiger partial charge in [0.1, 0.15) is 0 Å². The van der Waals surface area contributed by atoms with Crippen LogP contribution >= 0.6 is 18.9 Å². The number of nitrogens with two attached hydrogens (primary N) is 1. The minimum absolute atomic E-state index is 0.121. The molecule has 2 aromatic heterocycles. The fourth-order valence-corrected chi connectivity index (χ4v) is 8.55. The predicted molar refractivity (Wildman–Crippen MR) is 205 cm³/mol. The Bertz CT molecular complexity index is 1680. The number of likely N-dealkylation sites (tertiary alicyclic amines) is 2. The zero-order chi connectivity index (χ0) is 38.6. The lowest BCUT2D eigenvalue weighted by molar-refractivity contribution is -0.130. The normalized spacial score (nSPS) is 20.3. The Morgan fingerprint density at radius 1 is 1.13 bits per heavy atom. The average molecular weight is 776 g/mol. The highest BCUT2D eigenvalue weighted by Gasteiger charge is 2.54. The van der Waals surface area contributed by atoms with Gasteiger partial charge < -0.3 is 30.1 Å². The van der Waals surface area contributed by atoms with Gasteiger partial charge in [-0.25, -0.2) is 4.39 Å². The van der Waals surface area contributed by atoms with Gasteiger partial charge in [0.05, 0.1) is 18.1 Å². The molecule has 3 aliphatic heterocycles. The van der Waals surface area contributed by atoms with E-state index in [0.29, 0.717) is 32.8 Å². The lowest BCUT2D eigenvalue weighted by Crippen LogP contribution is -2.42. The molecule has 3 atom stereocenters.